The van der Waals surface area contributed by atoms with Crippen molar-refractivity contribution in [3.63, 3.8) is 0 Å². The maximum atomic E-state index is 6.32. The maximum Gasteiger partial charge on any atom is 0.123 e. The maximum absolute atomic E-state index is 6.32. The number of anilines is 1. The molecule has 0 aliphatic rings. The minimum absolute atomic E-state index is 0.343. The summed E-state index contributed by atoms with van der Waals surface area (Å²) >= 11 is 11.3. The molecule has 0 aromatic heterocycles. The molecule has 3 nitrogen and oxygen atoms in total. The van der Waals surface area contributed by atoms with Gasteiger partial charge in [-0.2, -0.15) is 0 Å². The standard InChI is InChI=1S/C16H17ClN2OS/c1-19(10-12-5-3-4-6-15(12)20-2)14-8-7-11(16(18)21)9-13(14)17/h3-9H,10H2,1-2H3,(H2,18,21). The number of nitrogens with zero attached hydrogens (tertiary/aromatic N) is 1. The molecule has 2 rings (SSSR count). The lowest BCUT2D eigenvalue weighted by molar-refractivity contribution is 0.409. The molecule has 0 amide bonds. The first-order chi connectivity index (χ1) is 10.0. The molecule has 0 saturated heterocycles. The summed E-state index contributed by atoms with van der Waals surface area (Å²) in [7, 11) is 3.65. The second kappa shape index (κ2) is 6.78. The van der Waals surface area contributed by atoms with Crippen LogP contribution in [0.4, 0.5) is 5.69 Å². The summed E-state index contributed by atoms with van der Waals surface area (Å²) in [6, 6.07) is 13.5. The lowest BCUT2D eigenvalue weighted by atomic mass is 10.1. The van der Waals surface area contributed by atoms with Crippen molar-refractivity contribution >= 4 is 34.5 Å². The van der Waals surface area contributed by atoms with E-state index in [1.807, 2.05) is 43.4 Å². The van der Waals surface area contributed by atoms with Crippen LogP contribution in [-0.4, -0.2) is 19.1 Å². The monoisotopic (exact) mass is 320 g/mol. The fourth-order valence-electron chi connectivity index (χ4n) is 2.14. The van der Waals surface area contributed by atoms with E-state index in [-0.39, 0.29) is 0 Å². The zero-order valence-electron chi connectivity index (χ0n) is 12.0. The van der Waals surface area contributed by atoms with E-state index in [1.165, 1.54) is 0 Å². The molecule has 21 heavy (non-hydrogen) atoms. The van der Waals surface area contributed by atoms with Crippen molar-refractivity contribution in [1.29, 1.82) is 0 Å². The number of benzene rings is 2. The molecule has 110 valence electrons. The van der Waals surface area contributed by atoms with E-state index >= 15 is 0 Å². The van der Waals surface area contributed by atoms with E-state index in [0.717, 1.165) is 22.6 Å². The summed E-state index contributed by atoms with van der Waals surface area (Å²) in [5.41, 5.74) is 8.39. The van der Waals surface area contributed by atoms with E-state index in [4.69, 9.17) is 34.3 Å². The van der Waals surface area contributed by atoms with Gasteiger partial charge in [0.1, 0.15) is 10.7 Å². The van der Waals surface area contributed by atoms with E-state index in [0.29, 0.717) is 16.6 Å². The number of para-hydroxylation sites is 1. The molecule has 0 aliphatic heterocycles. The number of rotatable bonds is 5. The van der Waals surface area contributed by atoms with Crippen molar-refractivity contribution < 1.29 is 4.74 Å². The Morgan fingerprint density at radius 2 is 2.00 bits per heavy atom. The summed E-state index contributed by atoms with van der Waals surface area (Å²) < 4.78 is 5.37. The Bertz CT molecular complexity index is 660. The molecule has 0 heterocycles. The third-order valence-electron chi connectivity index (χ3n) is 3.24. The van der Waals surface area contributed by atoms with Crippen molar-refractivity contribution in [3.05, 3.63) is 58.6 Å². The summed E-state index contributed by atoms with van der Waals surface area (Å²) in [6.07, 6.45) is 0. The van der Waals surface area contributed by atoms with Gasteiger partial charge >= 0.3 is 0 Å². The fourth-order valence-corrected chi connectivity index (χ4v) is 2.60. The summed E-state index contributed by atoms with van der Waals surface area (Å²) in [6.45, 7) is 0.691. The number of thiocarbonyl (C=S) groups is 1. The normalized spacial score (nSPS) is 10.2. The second-order valence-electron chi connectivity index (χ2n) is 4.70. The average molecular weight is 321 g/mol. The highest BCUT2D eigenvalue weighted by Gasteiger charge is 2.10. The van der Waals surface area contributed by atoms with Crippen molar-refractivity contribution in [2.45, 2.75) is 6.54 Å². The largest absolute Gasteiger partial charge is 0.496 e. The molecule has 0 bridgehead atoms. The van der Waals surface area contributed by atoms with Crippen LogP contribution in [-0.2, 0) is 6.54 Å². The Morgan fingerprint density at radius 1 is 1.29 bits per heavy atom. The Morgan fingerprint density at radius 3 is 2.62 bits per heavy atom. The minimum atomic E-state index is 0.343. The Kier molecular flexibility index (Phi) is 5.04. The van der Waals surface area contributed by atoms with E-state index < -0.39 is 0 Å². The molecule has 0 radical (unpaired) electrons. The van der Waals surface area contributed by atoms with Gasteiger partial charge < -0.3 is 15.4 Å². The highest BCUT2D eigenvalue weighted by Crippen LogP contribution is 2.28. The van der Waals surface area contributed by atoms with Crippen LogP contribution >= 0.6 is 23.8 Å². The summed E-state index contributed by atoms with van der Waals surface area (Å²) in [5.74, 6) is 0.861. The first-order valence-corrected chi connectivity index (χ1v) is 7.24. The zero-order valence-corrected chi connectivity index (χ0v) is 13.5. The first kappa shape index (κ1) is 15.6. The molecule has 0 fully saturated rings. The predicted octanol–water partition coefficient (Wildman–Crippen LogP) is 3.62. The third-order valence-corrected chi connectivity index (χ3v) is 3.78. The van der Waals surface area contributed by atoms with Gasteiger partial charge in [-0.05, 0) is 24.3 Å². The van der Waals surface area contributed by atoms with Gasteiger partial charge in [-0.25, -0.2) is 0 Å². The molecule has 5 heteroatoms. The van der Waals surface area contributed by atoms with Crippen LogP contribution in [0.15, 0.2) is 42.5 Å². The first-order valence-electron chi connectivity index (χ1n) is 6.45. The molecule has 2 aromatic rings. The lowest BCUT2D eigenvalue weighted by Crippen LogP contribution is -2.18. The smallest absolute Gasteiger partial charge is 0.123 e. The lowest BCUT2D eigenvalue weighted by Gasteiger charge is -2.22. The molecule has 0 saturated carbocycles. The number of hydrogen-bond donors (Lipinski definition) is 1. The highest BCUT2D eigenvalue weighted by molar-refractivity contribution is 7.80. The summed E-state index contributed by atoms with van der Waals surface area (Å²) in [5, 5.41) is 0.623. The Balaban J connectivity index is 2.24. The molecule has 0 spiro atoms. The predicted molar refractivity (Wildman–Crippen MR) is 92.4 cm³/mol. The van der Waals surface area contributed by atoms with E-state index in [2.05, 4.69) is 4.90 Å². The number of nitrogens with two attached hydrogens (primary N) is 1. The number of ether oxygens (including phenoxy) is 1. The van der Waals surface area contributed by atoms with Gasteiger partial charge in [-0.15, -0.1) is 0 Å². The molecule has 0 aliphatic carbocycles. The summed E-state index contributed by atoms with van der Waals surface area (Å²) in [4.78, 5) is 2.40. The van der Waals surface area contributed by atoms with Gasteiger partial charge in [0.05, 0.1) is 17.8 Å². The number of halogens is 1. The Labute approximate surface area is 135 Å². The average Bonchev–Trinajstić information content (AvgIpc) is 2.47. The SMILES string of the molecule is COc1ccccc1CN(C)c1ccc(C(N)=S)cc1Cl. The van der Waals surface area contributed by atoms with Crippen LogP contribution in [0.2, 0.25) is 5.02 Å². The van der Waals surface area contributed by atoms with Crippen molar-refractivity contribution in [1.82, 2.24) is 0 Å². The van der Waals surface area contributed by atoms with Crippen LogP contribution in [0.1, 0.15) is 11.1 Å². The van der Waals surface area contributed by atoms with E-state index in [9.17, 15) is 0 Å². The van der Waals surface area contributed by atoms with Crippen LogP contribution in [0, 0.1) is 0 Å². The van der Waals surface area contributed by atoms with Crippen molar-refractivity contribution in [2.24, 2.45) is 5.73 Å². The van der Waals surface area contributed by atoms with Gasteiger partial charge in [0.15, 0.2) is 0 Å². The number of methoxy groups -OCH3 is 1. The molecule has 2 N–H and O–H groups in total. The minimum Gasteiger partial charge on any atom is -0.496 e. The quantitative estimate of drug-likeness (QED) is 0.854. The van der Waals surface area contributed by atoms with Gasteiger partial charge in [0, 0.05) is 24.7 Å². The topological polar surface area (TPSA) is 38.5 Å². The van der Waals surface area contributed by atoms with Gasteiger partial charge in [-0.3, -0.25) is 0 Å². The van der Waals surface area contributed by atoms with Gasteiger partial charge in [0.25, 0.3) is 0 Å². The third kappa shape index (κ3) is 3.65. The second-order valence-corrected chi connectivity index (χ2v) is 5.55. The molecule has 0 atom stereocenters. The van der Waals surface area contributed by atoms with Gasteiger partial charge in [0.2, 0.25) is 0 Å². The van der Waals surface area contributed by atoms with Crippen LogP contribution in [0.25, 0.3) is 0 Å². The van der Waals surface area contributed by atoms with Crippen LogP contribution < -0.4 is 15.4 Å². The van der Waals surface area contributed by atoms with Crippen molar-refractivity contribution in [3.8, 4) is 5.75 Å². The molecule has 2 aromatic carbocycles. The van der Waals surface area contributed by atoms with Crippen LogP contribution in [0.3, 0.4) is 0 Å². The Hall–Kier alpha value is -1.78. The van der Waals surface area contributed by atoms with Crippen molar-refractivity contribution in [2.75, 3.05) is 19.1 Å². The highest BCUT2D eigenvalue weighted by atomic mass is 35.5. The fraction of sp³-hybridized carbons (Fsp3) is 0.188. The molecule has 0 unspecified atom stereocenters. The molecular formula is C16H17ClN2OS. The number of hydrogen-bond acceptors (Lipinski definition) is 3. The van der Waals surface area contributed by atoms with Crippen LogP contribution in [0.5, 0.6) is 5.75 Å². The zero-order chi connectivity index (χ0) is 15.4. The van der Waals surface area contributed by atoms with E-state index in [1.54, 1.807) is 13.2 Å². The molecular weight excluding hydrogens is 304 g/mol. The van der Waals surface area contributed by atoms with Gasteiger partial charge in [-0.1, -0.05) is 42.0 Å².